The molecule has 0 unspecified atom stereocenters. The van der Waals surface area contributed by atoms with Gasteiger partial charge < -0.3 is 0 Å². The lowest BCUT2D eigenvalue weighted by molar-refractivity contribution is 0.405. The highest BCUT2D eigenvalue weighted by Crippen LogP contribution is 2.15. The molecule has 0 heterocycles. The van der Waals surface area contributed by atoms with Gasteiger partial charge in [-0.15, -0.1) is 0 Å². The molecule has 0 aliphatic heterocycles. The Morgan fingerprint density at radius 2 is 1.38 bits per heavy atom. The van der Waals surface area contributed by atoms with Crippen molar-refractivity contribution in [1.29, 1.82) is 0 Å². The lowest BCUT2D eigenvalue weighted by Crippen LogP contribution is -2.32. The molecule has 3 nitrogen and oxygen atoms in total. The molecule has 0 spiro atoms. The molecular formula is C17H21NO2S. The molecule has 0 saturated carbocycles. The summed E-state index contributed by atoms with van der Waals surface area (Å²) in [4.78, 5) is 0. The number of hydrogen-bond acceptors (Lipinski definition) is 2. The Morgan fingerprint density at radius 3 is 1.90 bits per heavy atom. The highest BCUT2D eigenvalue weighted by Gasteiger charge is 2.21. The third kappa shape index (κ3) is 4.69. The fourth-order valence-corrected chi connectivity index (χ4v) is 3.83. The molecule has 0 saturated heterocycles. The summed E-state index contributed by atoms with van der Waals surface area (Å²) in [7, 11) is -3.30. The van der Waals surface area contributed by atoms with Gasteiger partial charge in [0.1, 0.15) is 0 Å². The molecule has 0 amide bonds. The van der Waals surface area contributed by atoms with E-state index >= 15 is 0 Å². The van der Waals surface area contributed by atoms with Crippen LogP contribution < -0.4 is 0 Å². The Morgan fingerprint density at radius 1 is 0.857 bits per heavy atom. The smallest absolute Gasteiger partial charge is 0.212 e. The highest BCUT2D eigenvalue weighted by molar-refractivity contribution is 7.88. The molecular weight excluding hydrogens is 282 g/mol. The number of rotatable bonds is 7. The van der Waals surface area contributed by atoms with Crippen molar-refractivity contribution in [2.75, 3.05) is 6.54 Å². The predicted octanol–water partition coefficient (Wildman–Crippen LogP) is 3.43. The SMILES string of the molecule is CCCN(Cc1ccccc1)S(=O)(=O)Cc1ccccc1. The zero-order valence-electron chi connectivity index (χ0n) is 12.3. The summed E-state index contributed by atoms with van der Waals surface area (Å²) < 4.78 is 26.8. The summed E-state index contributed by atoms with van der Waals surface area (Å²) in [5.41, 5.74) is 1.84. The molecule has 2 aromatic rings. The summed E-state index contributed by atoms with van der Waals surface area (Å²) >= 11 is 0. The second-order valence-electron chi connectivity index (χ2n) is 5.06. The van der Waals surface area contributed by atoms with Gasteiger partial charge in [0.25, 0.3) is 0 Å². The largest absolute Gasteiger partial charge is 0.218 e. The molecule has 4 heteroatoms. The molecule has 2 rings (SSSR count). The Labute approximate surface area is 127 Å². The van der Waals surface area contributed by atoms with Gasteiger partial charge in [-0.3, -0.25) is 0 Å². The summed E-state index contributed by atoms with van der Waals surface area (Å²) in [6.07, 6.45) is 0.806. The minimum Gasteiger partial charge on any atom is -0.212 e. The predicted molar refractivity (Wildman–Crippen MR) is 86.2 cm³/mol. The van der Waals surface area contributed by atoms with Crippen molar-refractivity contribution in [2.24, 2.45) is 0 Å². The molecule has 112 valence electrons. The summed E-state index contributed by atoms with van der Waals surface area (Å²) in [6, 6.07) is 19.1. The van der Waals surface area contributed by atoms with Crippen LogP contribution in [0.15, 0.2) is 60.7 Å². The van der Waals surface area contributed by atoms with E-state index in [-0.39, 0.29) is 5.75 Å². The van der Waals surface area contributed by atoms with Gasteiger partial charge in [-0.2, -0.15) is 4.31 Å². The van der Waals surface area contributed by atoms with Gasteiger partial charge >= 0.3 is 0 Å². The third-order valence-electron chi connectivity index (χ3n) is 3.26. The number of hydrogen-bond donors (Lipinski definition) is 0. The van der Waals surface area contributed by atoms with Crippen molar-refractivity contribution in [3.05, 3.63) is 71.8 Å². The van der Waals surface area contributed by atoms with E-state index in [2.05, 4.69) is 0 Å². The van der Waals surface area contributed by atoms with Gasteiger partial charge in [-0.1, -0.05) is 67.6 Å². The molecule has 21 heavy (non-hydrogen) atoms. The first-order chi connectivity index (χ1) is 10.1. The second-order valence-corrected chi connectivity index (χ2v) is 7.03. The maximum atomic E-state index is 12.6. The molecule has 0 aliphatic carbocycles. The Kier molecular flexibility index (Phi) is 5.53. The van der Waals surface area contributed by atoms with Crippen LogP contribution in [0.3, 0.4) is 0 Å². The van der Waals surface area contributed by atoms with E-state index in [1.165, 1.54) is 0 Å². The second kappa shape index (κ2) is 7.38. The van der Waals surface area contributed by atoms with Crippen molar-refractivity contribution in [3.8, 4) is 0 Å². The van der Waals surface area contributed by atoms with Crippen LogP contribution >= 0.6 is 0 Å². The molecule has 0 fully saturated rings. The molecule has 0 atom stereocenters. The van der Waals surface area contributed by atoms with Crippen LogP contribution in [0.25, 0.3) is 0 Å². The van der Waals surface area contributed by atoms with Crippen molar-refractivity contribution in [2.45, 2.75) is 25.6 Å². The molecule has 0 aromatic heterocycles. The Balaban J connectivity index is 2.16. The fourth-order valence-electron chi connectivity index (χ4n) is 2.23. The number of nitrogens with zero attached hydrogens (tertiary/aromatic N) is 1. The molecule has 0 radical (unpaired) electrons. The van der Waals surface area contributed by atoms with Crippen molar-refractivity contribution >= 4 is 10.0 Å². The van der Waals surface area contributed by atoms with Crippen LogP contribution in [0.5, 0.6) is 0 Å². The van der Waals surface area contributed by atoms with Gasteiger partial charge in [0.15, 0.2) is 0 Å². The van der Waals surface area contributed by atoms with Gasteiger partial charge in [-0.05, 0) is 17.5 Å². The monoisotopic (exact) mass is 303 g/mol. The van der Waals surface area contributed by atoms with Crippen LogP contribution in [0.1, 0.15) is 24.5 Å². The third-order valence-corrected chi connectivity index (χ3v) is 5.06. The highest BCUT2D eigenvalue weighted by atomic mass is 32.2. The first-order valence-electron chi connectivity index (χ1n) is 7.17. The van der Waals surface area contributed by atoms with E-state index in [1.54, 1.807) is 4.31 Å². The van der Waals surface area contributed by atoms with Gasteiger partial charge in [0.05, 0.1) is 5.75 Å². The van der Waals surface area contributed by atoms with Crippen molar-refractivity contribution in [1.82, 2.24) is 4.31 Å². The minimum absolute atomic E-state index is 0.0562. The van der Waals surface area contributed by atoms with Crippen LogP contribution in [0.4, 0.5) is 0 Å². The van der Waals surface area contributed by atoms with E-state index in [0.29, 0.717) is 13.1 Å². The number of sulfonamides is 1. The first-order valence-corrected chi connectivity index (χ1v) is 8.78. The lowest BCUT2D eigenvalue weighted by Gasteiger charge is -2.21. The van der Waals surface area contributed by atoms with E-state index in [4.69, 9.17) is 0 Å². The maximum Gasteiger partial charge on any atom is 0.218 e. The van der Waals surface area contributed by atoms with E-state index in [0.717, 1.165) is 17.5 Å². The molecule has 2 aromatic carbocycles. The van der Waals surface area contributed by atoms with Crippen molar-refractivity contribution < 1.29 is 8.42 Å². The zero-order valence-corrected chi connectivity index (χ0v) is 13.1. The van der Waals surface area contributed by atoms with Gasteiger partial charge in [-0.25, -0.2) is 8.42 Å². The van der Waals surface area contributed by atoms with Crippen LogP contribution in [-0.2, 0) is 22.3 Å². The normalized spacial score (nSPS) is 11.7. The first kappa shape index (κ1) is 15.7. The summed E-state index contributed by atoms with van der Waals surface area (Å²) in [5, 5.41) is 0. The quantitative estimate of drug-likeness (QED) is 0.786. The summed E-state index contributed by atoms with van der Waals surface area (Å²) in [5.74, 6) is 0.0562. The Bertz CT molecular complexity index is 639. The zero-order chi connectivity index (χ0) is 15.1. The average molecular weight is 303 g/mol. The molecule has 0 bridgehead atoms. The molecule has 0 N–H and O–H groups in total. The topological polar surface area (TPSA) is 37.4 Å². The maximum absolute atomic E-state index is 12.6. The van der Waals surface area contributed by atoms with Crippen LogP contribution in [0.2, 0.25) is 0 Å². The summed E-state index contributed by atoms with van der Waals surface area (Å²) in [6.45, 7) is 2.98. The van der Waals surface area contributed by atoms with Crippen LogP contribution in [-0.4, -0.2) is 19.3 Å². The van der Waals surface area contributed by atoms with E-state index < -0.39 is 10.0 Å². The van der Waals surface area contributed by atoms with E-state index in [1.807, 2.05) is 67.6 Å². The molecule has 0 aliphatic rings. The minimum atomic E-state index is -3.30. The van der Waals surface area contributed by atoms with Gasteiger partial charge in [0.2, 0.25) is 10.0 Å². The fraction of sp³-hybridized carbons (Fsp3) is 0.294. The van der Waals surface area contributed by atoms with E-state index in [9.17, 15) is 8.42 Å². The number of benzene rings is 2. The van der Waals surface area contributed by atoms with Crippen LogP contribution in [0, 0.1) is 0 Å². The average Bonchev–Trinajstić information content (AvgIpc) is 2.48. The lowest BCUT2D eigenvalue weighted by atomic mass is 10.2. The van der Waals surface area contributed by atoms with Crippen molar-refractivity contribution in [3.63, 3.8) is 0 Å². The van der Waals surface area contributed by atoms with Gasteiger partial charge in [0, 0.05) is 13.1 Å². The standard InChI is InChI=1S/C17H21NO2S/c1-2-13-18(14-16-9-5-3-6-10-16)21(19,20)15-17-11-7-4-8-12-17/h3-12H,2,13-15H2,1H3. The Hall–Kier alpha value is -1.65.